The van der Waals surface area contributed by atoms with Crippen LogP contribution < -0.4 is 10.1 Å². The third-order valence-corrected chi connectivity index (χ3v) is 6.32. The van der Waals surface area contributed by atoms with Crippen molar-refractivity contribution in [1.82, 2.24) is 4.90 Å². The van der Waals surface area contributed by atoms with Gasteiger partial charge in [-0.05, 0) is 76.2 Å². The first-order valence-electron chi connectivity index (χ1n) is 10.7. The first kappa shape index (κ1) is 26.3. The number of aromatic hydroxyl groups is 1. The highest BCUT2D eigenvalue weighted by Crippen LogP contribution is 2.35. The minimum absolute atomic E-state index is 0.0385. The normalized spacial score (nSPS) is 16.4. The lowest BCUT2D eigenvalue weighted by atomic mass is 9.97. The number of phenols is 1. The predicted molar refractivity (Wildman–Crippen MR) is 133 cm³/mol. The fourth-order valence-corrected chi connectivity index (χ4v) is 4.52. The standard InChI is InChI=1S/C25H18F3IN2O6/c26-25(27,28)37-17-8-3-14(4-9-17)21-22(33)30-19-10-5-15(29)12-18(19)23(34)31(21)20(24(35)36)11-13-1-6-16(32)7-2-13/h1-10,12,20-21,32H,11H2,(H,30,33)(H,35,36). The van der Waals surface area contributed by atoms with Crippen molar-refractivity contribution in [2.24, 2.45) is 0 Å². The number of hydrogen-bond acceptors (Lipinski definition) is 5. The van der Waals surface area contributed by atoms with Gasteiger partial charge in [0.1, 0.15) is 23.6 Å². The summed E-state index contributed by atoms with van der Waals surface area (Å²) in [6.45, 7) is 0. The van der Waals surface area contributed by atoms with Gasteiger partial charge < -0.3 is 25.2 Å². The van der Waals surface area contributed by atoms with E-state index in [1.807, 2.05) is 22.6 Å². The fraction of sp³-hybridized carbons (Fsp3) is 0.160. The number of benzene rings is 3. The fourth-order valence-electron chi connectivity index (χ4n) is 4.03. The Hall–Kier alpha value is -3.81. The van der Waals surface area contributed by atoms with Crippen molar-refractivity contribution in [3.8, 4) is 11.5 Å². The lowest BCUT2D eigenvalue weighted by Gasteiger charge is -2.34. The number of carboxylic acids is 1. The molecule has 3 N–H and O–H groups in total. The van der Waals surface area contributed by atoms with Crippen molar-refractivity contribution in [3.63, 3.8) is 0 Å². The number of halogens is 4. The quantitative estimate of drug-likeness (QED) is 0.341. The first-order valence-corrected chi connectivity index (χ1v) is 11.8. The summed E-state index contributed by atoms with van der Waals surface area (Å²) in [5, 5.41) is 22.4. The number of aliphatic carboxylic acids is 1. The Kier molecular flexibility index (Phi) is 7.30. The molecule has 0 saturated carbocycles. The molecule has 0 fully saturated rings. The summed E-state index contributed by atoms with van der Waals surface area (Å²) in [6.07, 6.45) is -5.14. The van der Waals surface area contributed by atoms with Crippen molar-refractivity contribution in [3.05, 3.63) is 87.0 Å². The average molecular weight is 626 g/mol. The van der Waals surface area contributed by atoms with Crippen molar-refractivity contribution >= 4 is 46.1 Å². The van der Waals surface area contributed by atoms with Gasteiger partial charge in [0.15, 0.2) is 0 Å². The molecular weight excluding hydrogens is 608 g/mol. The molecule has 12 heteroatoms. The average Bonchev–Trinajstić information content (AvgIpc) is 2.92. The number of carbonyl (C=O) groups excluding carboxylic acids is 2. The summed E-state index contributed by atoms with van der Waals surface area (Å²) >= 11 is 1.97. The Balaban J connectivity index is 1.82. The van der Waals surface area contributed by atoms with Gasteiger partial charge in [-0.2, -0.15) is 0 Å². The van der Waals surface area contributed by atoms with Gasteiger partial charge in [-0.3, -0.25) is 9.59 Å². The molecule has 2 amide bonds. The van der Waals surface area contributed by atoms with Crippen LogP contribution in [0.2, 0.25) is 0 Å². The summed E-state index contributed by atoms with van der Waals surface area (Å²) in [7, 11) is 0. The van der Waals surface area contributed by atoms with E-state index in [4.69, 9.17) is 0 Å². The highest BCUT2D eigenvalue weighted by atomic mass is 127. The van der Waals surface area contributed by atoms with E-state index in [0.717, 1.165) is 17.0 Å². The highest BCUT2D eigenvalue weighted by Gasteiger charge is 2.43. The molecule has 2 atom stereocenters. The first-order chi connectivity index (χ1) is 17.4. The molecule has 3 aromatic carbocycles. The van der Waals surface area contributed by atoms with Crippen LogP contribution in [0.3, 0.4) is 0 Å². The van der Waals surface area contributed by atoms with E-state index in [0.29, 0.717) is 9.13 Å². The van der Waals surface area contributed by atoms with E-state index in [1.165, 1.54) is 48.5 Å². The number of anilines is 1. The number of fused-ring (bicyclic) bond motifs is 1. The van der Waals surface area contributed by atoms with Gasteiger partial charge in [-0.25, -0.2) is 4.79 Å². The minimum atomic E-state index is -4.93. The maximum atomic E-state index is 13.8. The number of nitrogens with one attached hydrogen (secondary N) is 1. The SMILES string of the molecule is O=C(O)C(Cc1ccc(O)cc1)N1C(=O)c2cc(I)ccc2NC(=O)C1c1ccc(OC(F)(F)F)cc1. The van der Waals surface area contributed by atoms with E-state index in [2.05, 4.69) is 10.1 Å². The summed E-state index contributed by atoms with van der Waals surface area (Å²) < 4.78 is 42.4. The topological polar surface area (TPSA) is 116 Å². The zero-order chi connectivity index (χ0) is 26.9. The number of carboxylic acid groups (broad SMARTS) is 1. The van der Waals surface area contributed by atoms with Crippen LogP contribution in [-0.4, -0.2) is 45.3 Å². The van der Waals surface area contributed by atoms with E-state index in [9.17, 15) is 37.8 Å². The monoisotopic (exact) mass is 626 g/mol. The van der Waals surface area contributed by atoms with Gasteiger partial charge >= 0.3 is 12.3 Å². The van der Waals surface area contributed by atoms with E-state index in [-0.39, 0.29) is 29.0 Å². The molecule has 8 nitrogen and oxygen atoms in total. The number of carbonyl (C=O) groups is 3. The Morgan fingerprint density at radius 3 is 2.30 bits per heavy atom. The van der Waals surface area contributed by atoms with E-state index in [1.54, 1.807) is 6.07 Å². The third-order valence-electron chi connectivity index (χ3n) is 5.65. The number of alkyl halides is 3. The number of nitrogens with zero attached hydrogens (tertiary/aromatic N) is 1. The van der Waals surface area contributed by atoms with Crippen LogP contribution in [-0.2, 0) is 16.0 Å². The lowest BCUT2D eigenvalue weighted by Crippen LogP contribution is -2.50. The molecular formula is C25H18F3IN2O6. The van der Waals surface area contributed by atoms with Crippen molar-refractivity contribution in [2.75, 3.05) is 5.32 Å². The molecule has 1 aliphatic rings. The van der Waals surface area contributed by atoms with Crippen LogP contribution in [0, 0.1) is 3.57 Å². The Labute approximate surface area is 221 Å². The molecule has 0 saturated heterocycles. The summed E-state index contributed by atoms with van der Waals surface area (Å²) in [6, 6.07) is 11.7. The molecule has 0 radical (unpaired) electrons. The molecule has 0 bridgehead atoms. The lowest BCUT2D eigenvalue weighted by molar-refractivity contribution is -0.274. The van der Waals surface area contributed by atoms with Gasteiger partial charge in [0.2, 0.25) is 0 Å². The van der Waals surface area contributed by atoms with Crippen LogP contribution in [0.15, 0.2) is 66.7 Å². The molecule has 1 heterocycles. The molecule has 0 spiro atoms. The predicted octanol–water partition coefficient (Wildman–Crippen LogP) is 4.73. The van der Waals surface area contributed by atoms with Crippen LogP contribution >= 0.6 is 22.6 Å². The maximum Gasteiger partial charge on any atom is 0.573 e. The number of hydrogen-bond donors (Lipinski definition) is 3. The largest absolute Gasteiger partial charge is 0.573 e. The van der Waals surface area contributed by atoms with Gasteiger partial charge in [0.05, 0.1) is 11.3 Å². The second-order valence-electron chi connectivity index (χ2n) is 8.14. The summed E-state index contributed by atoms with van der Waals surface area (Å²) in [5.74, 6) is -3.47. The third kappa shape index (κ3) is 5.96. The number of amides is 2. The smallest absolute Gasteiger partial charge is 0.508 e. The highest BCUT2D eigenvalue weighted by molar-refractivity contribution is 14.1. The Morgan fingerprint density at radius 2 is 1.70 bits per heavy atom. The molecule has 3 aromatic rings. The zero-order valence-electron chi connectivity index (χ0n) is 18.7. The van der Waals surface area contributed by atoms with Gasteiger partial charge in [0, 0.05) is 9.99 Å². The van der Waals surface area contributed by atoms with Gasteiger partial charge in [-0.1, -0.05) is 24.3 Å². The minimum Gasteiger partial charge on any atom is -0.508 e. The van der Waals surface area contributed by atoms with Gasteiger partial charge in [0.25, 0.3) is 11.8 Å². The summed E-state index contributed by atoms with van der Waals surface area (Å²) in [4.78, 5) is 40.6. The van der Waals surface area contributed by atoms with Crippen LogP contribution in [0.5, 0.6) is 11.5 Å². The molecule has 37 heavy (non-hydrogen) atoms. The van der Waals surface area contributed by atoms with E-state index < -0.39 is 42.0 Å². The molecule has 0 aromatic heterocycles. The van der Waals surface area contributed by atoms with E-state index >= 15 is 0 Å². The zero-order valence-corrected chi connectivity index (χ0v) is 20.9. The second-order valence-corrected chi connectivity index (χ2v) is 9.38. The van der Waals surface area contributed by atoms with Gasteiger partial charge in [-0.15, -0.1) is 13.2 Å². The second kappa shape index (κ2) is 10.3. The van der Waals surface area contributed by atoms with Crippen molar-refractivity contribution in [2.45, 2.75) is 24.9 Å². The van der Waals surface area contributed by atoms with Crippen LogP contribution in [0.4, 0.5) is 18.9 Å². The Morgan fingerprint density at radius 1 is 1.05 bits per heavy atom. The summed E-state index contributed by atoms with van der Waals surface area (Å²) in [5.41, 5.74) is 0.795. The van der Waals surface area contributed by atoms with Crippen molar-refractivity contribution in [1.29, 1.82) is 0 Å². The molecule has 2 unspecified atom stereocenters. The van der Waals surface area contributed by atoms with Crippen molar-refractivity contribution < 1.29 is 42.5 Å². The number of ether oxygens (including phenoxy) is 1. The maximum absolute atomic E-state index is 13.8. The van der Waals surface area contributed by atoms with Crippen LogP contribution in [0.1, 0.15) is 27.5 Å². The Bertz CT molecular complexity index is 1350. The number of rotatable bonds is 6. The van der Waals surface area contributed by atoms with Crippen LogP contribution in [0.25, 0.3) is 0 Å². The molecule has 192 valence electrons. The molecule has 4 rings (SSSR count). The number of phenolic OH excluding ortho intramolecular Hbond substituents is 1. The molecule has 0 aliphatic carbocycles. The molecule has 1 aliphatic heterocycles.